The van der Waals surface area contributed by atoms with Gasteiger partial charge in [0, 0.05) is 45.2 Å². The molecule has 0 atom stereocenters. The molecule has 54 heavy (non-hydrogen) atoms. The van der Waals surface area contributed by atoms with Gasteiger partial charge >= 0.3 is 0 Å². The average molecular weight is 702 g/mol. The van der Waals surface area contributed by atoms with Crippen molar-refractivity contribution in [2.75, 3.05) is 4.90 Å². The molecule has 7 rings (SSSR count). The van der Waals surface area contributed by atoms with Crippen LogP contribution in [0.4, 0.5) is 11.4 Å². The number of hydrogen-bond donors (Lipinski definition) is 1. The monoisotopic (exact) mass is 701 g/mol. The topological polar surface area (TPSA) is 34.2 Å². The Kier molecular flexibility index (Phi) is 10.1. The SMILES string of the molecule is C=C/C=C(\C=C/C)n1c2ccc(-c3ccc(N(/C=C4C(C)=C(/C=C\N)c5cccc(C)c5/4)c4ccccc4C)cc3)cc2c2ccc(C=C)c(/C=C\C)c21. The van der Waals surface area contributed by atoms with Crippen LogP contribution in [0.15, 0.2) is 165 Å². The predicted molar refractivity (Wildman–Crippen MR) is 237 cm³/mol. The highest BCUT2D eigenvalue weighted by Gasteiger charge is 2.25. The third-order valence-corrected chi connectivity index (χ3v) is 10.5. The summed E-state index contributed by atoms with van der Waals surface area (Å²) in [4.78, 5) is 2.33. The summed E-state index contributed by atoms with van der Waals surface area (Å²) in [6.45, 7) is 18.8. The van der Waals surface area contributed by atoms with Gasteiger partial charge in [0.05, 0.1) is 11.0 Å². The molecule has 3 heteroatoms. The zero-order valence-electron chi connectivity index (χ0n) is 31.9. The van der Waals surface area contributed by atoms with Gasteiger partial charge in [-0.2, -0.15) is 0 Å². The molecule has 1 aliphatic rings. The average Bonchev–Trinajstić information content (AvgIpc) is 3.66. The van der Waals surface area contributed by atoms with Crippen LogP contribution in [0.25, 0.3) is 61.9 Å². The molecule has 0 fully saturated rings. The third kappa shape index (κ3) is 6.18. The Morgan fingerprint density at radius 3 is 2.22 bits per heavy atom. The second kappa shape index (κ2) is 15.2. The highest BCUT2D eigenvalue weighted by atomic mass is 15.1. The van der Waals surface area contributed by atoms with Gasteiger partial charge in [-0.1, -0.05) is 110 Å². The zero-order chi connectivity index (χ0) is 37.9. The maximum Gasteiger partial charge on any atom is 0.0619 e. The van der Waals surface area contributed by atoms with E-state index in [2.05, 4.69) is 184 Å². The number of benzene rings is 5. The van der Waals surface area contributed by atoms with E-state index >= 15 is 0 Å². The Bertz CT molecular complexity index is 2630. The second-order valence-corrected chi connectivity index (χ2v) is 13.7. The number of anilines is 2. The van der Waals surface area contributed by atoms with Gasteiger partial charge in [0.25, 0.3) is 0 Å². The fraction of sp³-hybridized carbons (Fsp3) is 0.0980. The number of rotatable bonds is 10. The fourth-order valence-electron chi connectivity index (χ4n) is 7.93. The molecule has 0 aliphatic heterocycles. The van der Waals surface area contributed by atoms with E-state index in [-0.39, 0.29) is 0 Å². The lowest BCUT2D eigenvalue weighted by Crippen LogP contribution is -2.11. The van der Waals surface area contributed by atoms with Crippen molar-refractivity contribution in [1.29, 1.82) is 0 Å². The Morgan fingerprint density at radius 2 is 1.52 bits per heavy atom. The molecule has 0 radical (unpaired) electrons. The molecule has 0 spiro atoms. The van der Waals surface area contributed by atoms with Gasteiger partial charge in [-0.15, -0.1) is 0 Å². The lowest BCUT2D eigenvalue weighted by Gasteiger charge is -2.25. The van der Waals surface area contributed by atoms with Crippen LogP contribution in [-0.4, -0.2) is 4.57 Å². The predicted octanol–water partition coefficient (Wildman–Crippen LogP) is 13.8. The Balaban J connectivity index is 1.39. The summed E-state index contributed by atoms with van der Waals surface area (Å²) in [5.41, 5.74) is 24.6. The Labute approximate surface area is 320 Å². The number of allylic oxidation sites excluding steroid dienone is 10. The minimum absolute atomic E-state index is 1.05. The van der Waals surface area contributed by atoms with Crippen molar-refractivity contribution >= 4 is 62.2 Å². The summed E-state index contributed by atoms with van der Waals surface area (Å²) in [5.74, 6) is 0. The van der Waals surface area contributed by atoms with Crippen LogP contribution >= 0.6 is 0 Å². The molecular formula is C51H47N3. The molecule has 0 bridgehead atoms. The molecule has 0 saturated heterocycles. The van der Waals surface area contributed by atoms with E-state index in [4.69, 9.17) is 5.73 Å². The molecule has 5 aromatic carbocycles. The molecule has 266 valence electrons. The van der Waals surface area contributed by atoms with Crippen molar-refractivity contribution in [3.63, 3.8) is 0 Å². The standard InChI is InChI=1S/C51H47N3/c1-8-15-41(16-9-2)54-49-29-25-39(32-46(49)45-28-24-37(11-4)43(17-10-3)51(45)54)38-22-26-40(27-23-38)53(48-21-13-12-18-34(48)5)33-47-36(7)42(30-31-52)44-20-14-19-35(6)50(44)47/h8-33H,1,4,52H2,2-3,5-7H3/b16-9-,17-10-,31-30-,41-15+,47-33-. The van der Waals surface area contributed by atoms with Crippen LogP contribution in [0.3, 0.4) is 0 Å². The fourth-order valence-corrected chi connectivity index (χ4v) is 7.93. The van der Waals surface area contributed by atoms with Gasteiger partial charge in [-0.05, 0) is 139 Å². The van der Waals surface area contributed by atoms with Gasteiger partial charge < -0.3 is 15.2 Å². The maximum absolute atomic E-state index is 5.94. The number of nitrogens with zero attached hydrogens (tertiary/aromatic N) is 2. The van der Waals surface area contributed by atoms with E-state index < -0.39 is 0 Å². The van der Waals surface area contributed by atoms with E-state index in [1.165, 1.54) is 44.2 Å². The van der Waals surface area contributed by atoms with Crippen molar-refractivity contribution < 1.29 is 0 Å². The van der Waals surface area contributed by atoms with Crippen LogP contribution in [0.2, 0.25) is 0 Å². The van der Waals surface area contributed by atoms with Gasteiger partial charge in [-0.3, -0.25) is 0 Å². The molecule has 0 amide bonds. The number of fused-ring (bicyclic) bond motifs is 4. The third-order valence-electron chi connectivity index (χ3n) is 10.5. The lowest BCUT2D eigenvalue weighted by molar-refractivity contribution is 1.23. The van der Waals surface area contributed by atoms with Gasteiger partial charge in [0.2, 0.25) is 0 Å². The normalized spacial score (nSPS) is 14.1. The Morgan fingerprint density at radius 1 is 0.759 bits per heavy atom. The zero-order valence-corrected chi connectivity index (χ0v) is 31.9. The van der Waals surface area contributed by atoms with E-state index in [1.54, 1.807) is 6.20 Å². The second-order valence-electron chi connectivity index (χ2n) is 13.7. The first-order valence-electron chi connectivity index (χ1n) is 18.5. The van der Waals surface area contributed by atoms with Crippen LogP contribution in [0.5, 0.6) is 0 Å². The summed E-state index contributed by atoms with van der Waals surface area (Å²) >= 11 is 0. The van der Waals surface area contributed by atoms with Crippen molar-refractivity contribution in [2.24, 2.45) is 5.73 Å². The molecule has 6 aromatic rings. The van der Waals surface area contributed by atoms with Crippen molar-refractivity contribution in [3.8, 4) is 11.1 Å². The van der Waals surface area contributed by atoms with Gasteiger partial charge in [-0.25, -0.2) is 0 Å². The Hall–Kier alpha value is -6.58. The van der Waals surface area contributed by atoms with Crippen LogP contribution in [0.1, 0.15) is 54.2 Å². The number of hydrogen-bond acceptors (Lipinski definition) is 2. The number of aromatic nitrogens is 1. The van der Waals surface area contributed by atoms with Crippen LogP contribution in [-0.2, 0) is 0 Å². The molecule has 1 aromatic heterocycles. The molecule has 3 nitrogen and oxygen atoms in total. The molecule has 1 heterocycles. The first-order valence-corrected chi connectivity index (χ1v) is 18.5. The first kappa shape index (κ1) is 35.8. The van der Waals surface area contributed by atoms with Crippen molar-refractivity contribution in [2.45, 2.75) is 34.6 Å². The van der Waals surface area contributed by atoms with E-state index in [9.17, 15) is 0 Å². The highest BCUT2D eigenvalue weighted by Crippen LogP contribution is 2.45. The van der Waals surface area contributed by atoms with Crippen LogP contribution in [0, 0.1) is 13.8 Å². The largest absolute Gasteiger partial charge is 0.405 e. The molecule has 2 N–H and O–H groups in total. The maximum atomic E-state index is 5.94. The van der Waals surface area contributed by atoms with E-state index in [0.29, 0.717) is 0 Å². The number of aryl methyl sites for hydroxylation is 2. The molecular weight excluding hydrogens is 655 g/mol. The quantitative estimate of drug-likeness (QED) is 0.144. The lowest BCUT2D eigenvalue weighted by atomic mass is 9.98. The van der Waals surface area contributed by atoms with E-state index in [1.807, 2.05) is 25.2 Å². The summed E-state index contributed by atoms with van der Waals surface area (Å²) in [6, 6.07) is 35.2. The highest BCUT2D eigenvalue weighted by molar-refractivity contribution is 6.14. The molecule has 0 saturated carbocycles. The number of para-hydroxylation sites is 1. The summed E-state index contributed by atoms with van der Waals surface area (Å²) in [6.07, 6.45) is 20.3. The van der Waals surface area contributed by atoms with E-state index in [0.717, 1.165) is 55.9 Å². The molecule has 1 aliphatic carbocycles. The summed E-state index contributed by atoms with van der Waals surface area (Å²) in [5, 5.41) is 2.39. The first-order chi connectivity index (χ1) is 26.3. The van der Waals surface area contributed by atoms with Crippen molar-refractivity contribution in [3.05, 3.63) is 198 Å². The van der Waals surface area contributed by atoms with Crippen LogP contribution < -0.4 is 10.6 Å². The molecule has 0 unspecified atom stereocenters. The minimum Gasteiger partial charge on any atom is -0.405 e. The van der Waals surface area contributed by atoms with Crippen molar-refractivity contribution in [1.82, 2.24) is 4.57 Å². The number of nitrogens with two attached hydrogens (primary N) is 1. The smallest absolute Gasteiger partial charge is 0.0619 e. The summed E-state index contributed by atoms with van der Waals surface area (Å²) in [7, 11) is 0. The summed E-state index contributed by atoms with van der Waals surface area (Å²) < 4.78 is 2.35. The van der Waals surface area contributed by atoms with Gasteiger partial charge in [0.1, 0.15) is 0 Å². The van der Waals surface area contributed by atoms with Gasteiger partial charge in [0.15, 0.2) is 0 Å². The minimum atomic E-state index is 1.05.